The smallest absolute Gasteiger partial charge is 0.374 e. The lowest BCUT2D eigenvalue weighted by Crippen LogP contribution is -2.20. The van der Waals surface area contributed by atoms with Gasteiger partial charge in [-0.2, -0.15) is 0 Å². The van der Waals surface area contributed by atoms with Crippen molar-refractivity contribution in [3.05, 3.63) is 59.2 Å². The molecule has 0 amide bonds. The van der Waals surface area contributed by atoms with E-state index in [9.17, 15) is 9.59 Å². The largest absolute Gasteiger partial charge is 0.460 e. The Bertz CT molecular complexity index is 716. The summed E-state index contributed by atoms with van der Waals surface area (Å²) in [6.07, 6.45) is 0.924. The van der Waals surface area contributed by atoms with Gasteiger partial charge >= 0.3 is 5.97 Å². The lowest BCUT2D eigenvalue weighted by atomic mass is 9.98. The molecular weight excluding hydrogens is 264 g/mol. The molecule has 3 nitrogen and oxygen atoms in total. The molecule has 3 heteroatoms. The minimum atomic E-state index is -0.745. The minimum Gasteiger partial charge on any atom is -0.460 e. The average Bonchev–Trinajstić information content (AvgIpc) is 2.87. The van der Waals surface area contributed by atoms with E-state index in [1.807, 2.05) is 24.3 Å². The summed E-state index contributed by atoms with van der Waals surface area (Å²) in [5, 5.41) is 0. The molecule has 106 valence electrons. The lowest BCUT2D eigenvalue weighted by molar-refractivity contribution is -0.153. The molecule has 0 spiro atoms. The van der Waals surface area contributed by atoms with E-state index in [0.29, 0.717) is 0 Å². The number of hydrogen-bond acceptors (Lipinski definition) is 3. The second-order valence-corrected chi connectivity index (χ2v) is 5.10. The molecule has 0 atom stereocenters. The lowest BCUT2D eigenvalue weighted by Gasteiger charge is -2.07. The number of hydrogen-bond donors (Lipinski definition) is 0. The van der Waals surface area contributed by atoms with Crippen LogP contribution in [0.4, 0.5) is 0 Å². The molecule has 0 aromatic heterocycles. The Labute approximate surface area is 123 Å². The maximum Gasteiger partial charge on any atom is 0.374 e. The molecule has 0 unspecified atom stereocenters. The fraction of sp³-hybridized carbons (Fsp3) is 0.222. The molecular formula is C18H16O3. The Morgan fingerprint density at radius 3 is 2.62 bits per heavy atom. The van der Waals surface area contributed by atoms with Gasteiger partial charge in [0.05, 0.1) is 6.61 Å². The SMILES string of the molecule is CCOC(=O)C(=O)Cc1cccc2c1Cc1ccccc1-2. The van der Waals surface area contributed by atoms with Crippen LogP contribution in [0.15, 0.2) is 42.5 Å². The number of carbonyl (C=O) groups is 2. The van der Waals surface area contributed by atoms with Gasteiger partial charge in [-0.3, -0.25) is 4.79 Å². The first-order chi connectivity index (χ1) is 10.2. The zero-order valence-corrected chi connectivity index (χ0v) is 11.9. The molecule has 0 saturated heterocycles. The van der Waals surface area contributed by atoms with Crippen LogP contribution < -0.4 is 0 Å². The number of fused-ring (bicyclic) bond motifs is 3. The summed E-state index contributed by atoms with van der Waals surface area (Å²) in [6, 6.07) is 14.2. The number of carbonyl (C=O) groups excluding carboxylic acids is 2. The van der Waals surface area contributed by atoms with Crippen LogP contribution in [-0.2, 0) is 27.2 Å². The van der Waals surface area contributed by atoms with Crippen molar-refractivity contribution in [2.45, 2.75) is 19.8 Å². The summed E-state index contributed by atoms with van der Waals surface area (Å²) >= 11 is 0. The third kappa shape index (κ3) is 2.47. The van der Waals surface area contributed by atoms with Gasteiger partial charge in [0.1, 0.15) is 0 Å². The minimum absolute atomic E-state index is 0.107. The maximum absolute atomic E-state index is 11.9. The number of ketones is 1. The van der Waals surface area contributed by atoms with Crippen molar-refractivity contribution in [1.29, 1.82) is 0 Å². The van der Waals surface area contributed by atoms with E-state index in [1.165, 1.54) is 16.7 Å². The standard InChI is InChI=1S/C18H16O3/c1-2-21-18(20)17(19)11-13-7-5-9-15-14-8-4-3-6-12(14)10-16(13)15/h3-9H,2,10-11H2,1H3. The van der Waals surface area contributed by atoms with Crippen LogP contribution >= 0.6 is 0 Å². The number of ether oxygens (including phenoxy) is 1. The first-order valence-electron chi connectivity index (χ1n) is 7.09. The third-order valence-corrected chi connectivity index (χ3v) is 3.80. The summed E-state index contributed by atoms with van der Waals surface area (Å²) in [7, 11) is 0. The summed E-state index contributed by atoms with van der Waals surface area (Å²) in [5.74, 6) is -1.23. The van der Waals surface area contributed by atoms with Crippen molar-refractivity contribution in [2.75, 3.05) is 6.61 Å². The van der Waals surface area contributed by atoms with Crippen LogP contribution in [-0.4, -0.2) is 18.4 Å². The van der Waals surface area contributed by atoms with Gasteiger partial charge in [-0.15, -0.1) is 0 Å². The molecule has 0 bridgehead atoms. The maximum atomic E-state index is 11.9. The van der Waals surface area contributed by atoms with Crippen molar-refractivity contribution < 1.29 is 14.3 Å². The average molecular weight is 280 g/mol. The Balaban J connectivity index is 1.90. The van der Waals surface area contributed by atoms with Crippen LogP contribution in [0.5, 0.6) is 0 Å². The topological polar surface area (TPSA) is 43.4 Å². The van der Waals surface area contributed by atoms with Gasteiger partial charge < -0.3 is 4.74 Å². The van der Waals surface area contributed by atoms with Gasteiger partial charge in [0.25, 0.3) is 0 Å². The first-order valence-corrected chi connectivity index (χ1v) is 7.09. The highest BCUT2D eigenvalue weighted by Crippen LogP contribution is 2.38. The van der Waals surface area contributed by atoms with Crippen LogP contribution in [0.2, 0.25) is 0 Å². The van der Waals surface area contributed by atoms with Crippen LogP contribution in [0.1, 0.15) is 23.6 Å². The fourth-order valence-electron chi connectivity index (χ4n) is 2.85. The van der Waals surface area contributed by atoms with Gasteiger partial charge in [-0.05, 0) is 41.2 Å². The van der Waals surface area contributed by atoms with E-state index in [0.717, 1.165) is 17.5 Å². The molecule has 2 aromatic rings. The monoisotopic (exact) mass is 280 g/mol. The second kappa shape index (κ2) is 5.52. The Morgan fingerprint density at radius 1 is 1.05 bits per heavy atom. The molecule has 1 aliphatic rings. The molecule has 3 rings (SSSR count). The van der Waals surface area contributed by atoms with Gasteiger partial charge in [-0.25, -0.2) is 4.79 Å². The Hall–Kier alpha value is -2.42. The number of benzene rings is 2. The molecule has 0 N–H and O–H groups in total. The first kappa shape index (κ1) is 13.6. The van der Waals surface area contributed by atoms with E-state index in [4.69, 9.17) is 4.74 Å². The van der Waals surface area contributed by atoms with Crippen LogP contribution in [0.25, 0.3) is 11.1 Å². The van der Waals surface area contributed by atoms with Crippen molar-refractivity contribution >= 4 is 11.8 Å². The molecule has 0 heterocycles. The molecule has 0 fully saturated rings. The summed E-state index contributed by atoms with van der Waals surface area (Å²) in [6.45, 7) is 1.92. The molecule has 0 saturated carbocycles. The van der Waals surface area contributed by atoms with Gasteiger partial charge in [-0.1, -0.05) is 42.5 Å². The molecule has 0 aliphatic heterocycles. The normalized spacial score (nSPS) is 11.7. The Morgan fingerprint density at radius 2 is 1.81 bits per heavy atom. The van der Waals surface area contributed by atoms with E-state index < -0.39 is 11.8 Å². The van der Waals surface area contributed by atoms with E-state index >= 15 is 0 Å². The Kier molecular flexibility index (Phi) is 3.57. The van der Waals surface area contributed by atoms with E-state index in [2.05, 4.69) is 18.2 Å². The highest BCUT2D eigenvalue weighted by Gasteiger charge is 2.23. The quantitative estimate of drug-likeness (QED) is 0.545. The van der Waals surface area contributed by atoms with E-state index in [1.54, 1.807) is 6.92 Å². The van der Waals surface area contributed by atoms with Crippen molar-refractivity contribution in [3.63, 3.8) is 0 Å². The zero-order valence-electron chi connectivity index (χ0n) is 11.9. The molecule has 0 radical (unpaired) electrons. The van der Waals surface area contributed by atoms with Gasteiger partial charge in [0.2, 0.25) is 5.78 Å². The van der Waals surface area contributed by atoms with Gasteiger partial charge in [0.15, 0.2) is 0 Å². The molecule has 2 aromatic carbocycles. The van der Waals surface area contributed by atoms with Crippen LogP contribution in [0, 0.1) is 0 Å². The number of rotatable bonds is 4. The van der Waals surface area contributed by atoms with Crippen molar-refractivity contribution in [2.24, 2.45) is 0 Å². The van der Waals surface area contributed by atoms with E-state index in [-0.39, 0.29) is 13.0 Å². The summed E-state index contributed by atoms with van der Waals surface area (Å²) < 4.78 is 4.77. The second-order valence-electron chi connectivity index (χ2n) is 5.10. The number of Topliss-reactive ketones (excluding diaryl/α,β-unsaturated/α-hetero) is 1. The van der Waals surface area contributed by atoms with Crippen LogP contribution in [0.3, 0.4) is 0 Å². The summed E-state index contributed by atoms with van der Waals surface area (Å²) in [5.41, 5.74) is 5.72. The number of esters is 1. The highest BCUT2D eigenvalue weighted by molar-refractivity contribution is 6.34. The summed E-state index contributed by atoms with van der Waals surface area (Å²) in [4.78, 5) is 23.4. The predicted octanol–water partition coefficient (Wildman–Crippen LogP) is 2.93. The highest BCUT2D eigenvalue weighted by atomic mass is 16.5. The van der Waals surface area contributed by atoms with Crippen molar-refractivity contribution in [1.82, 2.24) is 0 Å². The van der Waals surface area contributed by atoms with Crippen molar-refractivity contribution in [3.8, 4) is 11.1 Å². The predicted molar refractivity (Wildman–Crippen MR) is 80.0 cm³/mol. The van der Waals surface area contributed by atoms with Gasteiger partial charge in [0, 0.05) is 6.42 Å². The molecule has 1 aliphatic carbocycles. The molecule has 21 heavy (non-hydrogen) atoms. The zero-order chi connectivity index (χ0) is 14.8. The fourth-order valence-corrected chi connectivity index (χ4v) is 2.85. The third-order valence-electron chi connectivity index (χ3n) is 3.80.